The van der Waals surface area contributed by atoms with Crippen molar-refractivity contribution >= 4 is 28.4 Å². The van der Waals surface area contributed by atoms with E-state index in [1.807, 2.05) is 0 Å². The smallest absolute Gasteiger partial charge is 0.178 e. The lowest BCUT2D eigenvalue weighted by molar-refractivity contribution is 0.320. The number of methoxy groups -OCH3 is 1. The average Bonchev–Trinajstić information content (AvgIpc) is 2.21. The van der Waals surface area contributed by atoms with Crippen LogP contribution in [0.5, 0.6) is 5.75 Å². The van der Waals surface area contributed by atoms with Gasteiger partial charge in [0.2, 0.25) is 0 Å². The third kappa shape index (κ3) is 1.91. The molecule has 76 valence electrons. The maximum atomic E-state index is 13.4. The van der Waals surface area contributed by atoms with Crippen molar-refractivity contribution in [2.45, 2.75) is 0 Å². The Bertz CT molecular complexity index is 382. The Labute approximate surface area is 89.7 Å². The van der Waals surface area contributed by atoms with Gasteiger partial charge in [-0.15, -0.1) is 0 Å². The average molecular weight is 238 g/mol. The first-order valence-corrected chi connectivity index (χ1v) is 4.27. The normalized spacial score (nSPS) is 11.6. The summed E-state index contributed by atoms with van der Waals surface area (Å²) >= 11 is 11.0. The van der Waals surface area contributed by atoms with E-state index in [4.69, 9.17) is 33.1 Å². The van der Waals surface area contributed by atoms with Gasteiger partial charge in [0.25, 0.3) is 0 Å². The molecule has 14 heavy (non-hydrogen) atoms. The molecule has 0 aromatic heterocycles. The van der Waals surface area contributed by atoms with Crippen molar-refractivity contribution in [2.24, 2.45) is 5.16 Å². The van der Waals surface area contributed by atoms with Crippen molar-refractivity contribution in [1.82, 2.24) is 0 Å². The highest BCUT2D eigenvalue weighted by atomic mass is 35.5. The molecule has 0 radical (unpaired) electrons. The standard InChI is InChI=1S/C8H6Cl2FNO2/c1-14-5-3-2-4(8(10)12-13)7(11)6(5)9/h2-3,13H,1H3/b12-8-. The first kappa shape index (κ1) is 11.1. The minimum absolute atomic E-state index is 0.0834. The predicted molar refractivity (Wildman–Crippen MR) is 52.1 cm³/mol. The molecule has 1 rings (SSSR count). The molecule has 3 nitrogen and oxygen atoms in total. The van der Waals surface area contributed by atoms with Gasteiger partial charge in [-0.2, -0.15) is 0 Å². The second-order valence-corrected chi connectivity index (χ2v) is 3.07. The molecule has 0 fully saturated rings. The van der Waals surface area contributed by atoms with Crippen LogP contribution >= 0.6 is 23.2 Å². The van der Waals surface area contributed by atoms with Crippen LogP contribution in [-0.2, 0) is 0 Å². The van der Waals surface area contributed by atoms with Gasteiger partial charge in [-0.1, -0.05) is 28.4 Å². The Balaban J connectivity index is 3.31. The van der Waals surface area contributed by atoms with Gasteiger partial charge in [0.05, 0.1) is 12.7 Å². The monoisotopic (exact) mass is 237 g/mol. The molecule has 6 heteroatoms. The van der Waals surface area contributed by atoms with Crippen LogP contribution in [0.15, 0.2) is 17.3 Å². The molecule has 0 spiro atoms. The molecule has 0 aliphatic carbocycles. The number of benzene rings is 1. The lowest BCUT2D eigenvalue weighted by Crippen LogP contribution is -1.98. The van der Waals surface area contributed by atoms with Crippen LogP contribution in [-0.4, -0.2) is 17.5 Å². The van der Waals surface area contributed by atoms with Crippen molar-refractivity contribution in [3.05, 3.63) is 28.5 Å². The summed E-state index contributed by atoms with van der Waals surface area (Å²) in [6.07, 6.45) is 0. The SMILES string of the molecule is COc1ccc(/C(Cl)=N/O)c(F)c1Cl. The largest absolute Gasteiger partial charge is 0.495 e. The summed E-state index contributed by atoms with van der Waals surface area (Å²) in [5.41, 5.74) is -0.0834. The number of oxime groups is 1. The molecule has 0 saturated heterocycles. The summed E-state index contributed by atoms with van der Waals surface area (Å²) < 4.78 is 18.2. The molecule has 1 aromatic rings. The second kappa shape index (κ2) is 4.48. The van der Waals surface area contributed by atoms with Crippen molar-refractivity contribution < 1.29 is 14.3 Å². The molecule has 1 aromatic carbocycles. The third-order valence-electron chi connectivity index (χ3n) is 1.58. The number of rotatable bonds is 2. The zero-order valence-electron chi connectivity index (χ0n) is 7.09. The Morgan fingerprint density at radius 3 is 2.71 bits per heavy atom. The van der Waals surface area contributed by atoms with Crippen LogP contribution in [0.2, 0.25) is 5.02 Å². The van der Waals surface area contributed by atoms with E-state index in [1.54, 1.807) is 0 Å². The Morgan fingerprint density at radius 1 is 1.57 bits per heavy atom. The van der Waals surface area contributed by atoms with E-state index in [1.165, 1.54) is 19.2 Å². The third-order valence-corrected chi connectivity index (χ3v) is 2.21. The van der Waals surface area contributed by atoms with Crippen molar-refractivity contribution in [3.63, 3.8) is 0 Å². The van der Waals surface area contributed by atoms with Crippen molar-refractivity contribution in [1.29, 1.82) is 0 Å². The van der Waals surface area contributed by atoms with Crippen LogP contribution < -0.4 is 4.74 Å². The van der Waals surface area contributed by atoms with Gasteiger partial charge in [-0.3, -0.25) is 0 Å². The second-order valence-electron chi connectivity index (χ2n) is 2.33. The van der Waals surface area contributed by atoms with Gasteiger partial charge in [0.15, 0.2) is 11.0 Å². The molecule has 0 atom stereocenters. The number of ether oxygens (including phenoxy) is 1. The van der Waals surface area contributed by atoms with Crippen LogP contribution in [0.25, 0.3) is 0 Å². The summed E-state index contributed by atoms with van der Waals surface area (Å²) in [7, 11) is 1.36. The highest BCUT2D eigenvalue weighted by molar-refractivity contribution is 6.69. The minimum atomic E-state index is -0.784. The fourth-order valence-corrected chi connectivity index (χ4v) is 1.29. The van der Waals surface area contributed by atoms with Gasteiger partial charge in [0.1, 0.15) is 10.8 Å². The lowest BCUT2D eigenvalue weighted by Gasteiger charge is -2.06. The van der Waals surface area contributed by atoms with E-state index < -0.39 is 5.82 Å². The first-order valence-electron chi connectivity index (χ1n) is 3.51. The quantitative estimate of drug-likeness (QED) is 0.489. The van der Waals surface area contributed by atoms with E-state index in [2.05, 4.69) is 5.16 Å². The van der Waals surface area contributed by atoms with Gasteiger partial charge in [0, 0.05) is 0 Å². The number of hydrogen-bond donors (Lipinski definition) is 1. The number of hydrogen-bond acceptors (Lipinski definition) is 3. The molecule has 0 unspecified atom stereocenters. The van der Waals surface area contributed by atoms with Crippen LogP contribution in [0.3, 0.4) is 0 Å². The van der Waals surface area contributed by atoms with E-state index in [0.29, 0.717) is 0 Å². The number of halogens is 3. The molecule has 0 bridgehead atoms. The summed E-state index contributed by atoms with van der Waals surface area (Å²) in [6.45, 7) is 0. The maximum Gasteiger partial charge on any atom is 0.178 e. The molecule has 0 aliphatic heterocycles. The van der Waals surface area contributed by atoms with Gasteiger partial charge in [-0.05, 0) is 12.1 Å². The van der Waals surface area contributed by atoms with Crippen LogP contribution in [0.4, 0.5) is 4.39 Å². The van der Waals surface area contributed by atoms with Crippen LogP contribution in [0, 0.1) is 5.82 Å². The fraction of sp³-hybridized carbons (Fsp3) is 0.125. The van der Waals surface area contributed by atoms with Gasteiger partial charge in [-0.25, -0.2) is 4.39 Å². The highest BCUT2D eigenvalue weighted by Crippen LogP contribution is 2.29. The van der Waals surface area contributed by atoms with Crippen LogP contribution in [0.1, 0.15) is 5.56 Å². The van der Waals surface area contributed by atoms with E-state index in [9.17, 15) is 4.39 Å². The minimum Gasteiger partial charge on any atom is -0.495 e. The lowest BCUT2D eigenvalue weighted by atomic mass is 10.2. The Kier molecular flexibility index (Phi) is 3.55. The first-order chi connectivity index (χ1) is 6.61. The molecular formula is C8H6Cl2FNO2. The number of nitrogens with zero attached hydrogens (tertiary/aromatic N) is 1. The molecule has 0 aliphatic rings. The summed E-state index contributed by atoms with van der Waals surface area (Å²) in [6, 6.07) is 2.73. The highest BCUT2D eigenvalue weighted by Gasteiger charge is 2.15. The van der Waals surface area contributed by atoms with E-state index in [-0.39, 0.29) is 21.5 Å². The fourth-order valence-electron chi connectivity index (χ4n) is 0.903. The van der Waals surface area contributed by atoms with E-state index in [0.717, 1.165) is 0 Å². The van der Waals surface area contributed by atoms with Gasteiger partial charge >= 0.3 is 0 Å². The Morgan fingerprint density at radius 2 is 2.21 bits per heavy atom. The zero-order chi connectivity index (χ0) is 10.7. The zero-order valence-corrected chi connectivity index (χ0v) is 8.60. The predicted octanol–water partition coefficient (Wildman–Crippen LogP) is 2.86. The van der Waals surface area contributed by atoms with Crippen molar-refractivity contribution in [3.8, 4) is 5.75 Å². The molecule has 0 amide bonds. The maximum absolute atomic E-state index is 13.4. The molecular weight excluding hydrogens is 232 g/mol. The van der Waals surface area contributed by atoms with Gasteiger partial charge < -0.3 is 9.94 Å². The Hall–Kier alpha value is -1.00. The van der Waals surface area contributed by atoms with E-state index >= 15 is 0 Å². The van der Waals surface area contributed by atoms with Crippen molar-refractivity contribution in [2.75, 3.05) is 7.11 Å². The topological polar surface area (TPSA) is 41.8 Å². The summed E-state index contributed by atoms with van der Waals surface area (Å²) in [4.78, 5) is 0. The molecule has 1 N–H and O–H groups in total. The summed E-state index contributed by atoms with van der Waals surface area (Å²) in [5.74, 6) is -0.593. The molecule has 0 saturated carbocycles. The molecule has 0 heterocycles. The summed E-state index contributed by atoms with van der Waals surface area (Å²) in [5, 5.41) is 10.4.